The number of hydrogen-bond acceptors (Lipinski definition) is 2. The first-order valence-electron chi connectivity index (χ1n) is 10.1. The number of imidazole rings is 1. The van der Waals surface area contributed by atoms with Crippen LogP contribution >= 0.6 is 23.2 Å². The van der Waals surface area contributed by atoms with Gasteiger partial charge in [0.2, 0.25) is 5.91 Å². The Morgan fingerprint density at radius 2 is 1.79 bits per heavy atom. The molecule has 1 aromatic heterocycles. The van der Waals surface area contributed by atoms with Crippen LogP contribution in [0.25, 0.3) is 11.0 Å². The lowest BCUT2D eigenvalue weighted by Crippen LogP contribution is -2.34. The third-order valence-electron chi connectivity index (χ3n) is 5.90. The standard InChI is InChI=1S/C23H25Cl2N3O/c1-14-10-20-21(11-15(14)2)28(16(3)23(29)27-8-4-5-9-27)22(26-20)12-17-6-7-18(24)13-19(17)25/h6-7,10-11,13,16H,4-5,8-9,12H2,1-3H3/t16-/m0/s1. The van der Waals surface area contributed by atoms with Crippen molar-refractivity contribution in [1.29, 1.82) is 0 Å². The molecule has 6 heteroatoms. The van der Waals surface area contributed by atoms with Gasteiger partial charge in [0.05, 0.1) is 11.0 Å². The zero-order valence-electron chi connectivity index (χ0n) is 17.0. The van der Waals surface area contributed by atoms with Crippen molar-refractivity contribution in [3.05, 3.63) is 62.9 Å². The first-order valence-corrected chi connectivity index (χ1v) is 10.8. The summed E-state index contributed by atoms with van der Waals surface area (Å²) in [5.41, 5.74) is 5.23. The number of aryl methyl sites for hydroxylation is 2. The van der Waals surface area contributed by atoms with Gasteiger partial charge in [-0.3, -0.25) is 4.79 Å². The number of fused-ring (bicyclic) bond motifs is 1. The number of carbonyl (C=O) groups is 1. The van der Waals surface area contributed by atoms with Crippen LogP contribution in [0.5, 0.6) is 0 Å². The van der Waals surface area contributed by atoms with Gasteiger partial charge in [-0.25, -0.2) is 4.98 Å². The molecule has 1 aliphatic rings. The fourth-order valence-electron chi connectivity index (χ4n) is 4.10. The van der Waals surface area contributed by atoms with Crippen molar-refractivity contribution in [2.45, 2.75) is 46.1 Å². The van der Waals surface area contributed by atoms with Gasteiger partial charge in [0.25, 0.3) is 0 Å². The van der Waals surface area contributed by atoms with Gasteiger partial charge in [-0.2, -0.15) is 0 Å². The van der Waals surface area contributed by atoms with Crippen LogP contribution < -0.4 is 0 Å². The minimum absolute atomic E-state index is 0.156. The normalized spacial score (nSPS) is 15.3. The van der Waals surface area contributed by atoms with E-state index in [2.05, 4.69) is 30.5 Å². The molecule has 4 rings (SSSR count). The molecule has 2 aromatic carbocycles. The Balaban J connectivity index is 1.82. The van der Waals surface area contributed by atoms with Crippen LogP contribution in [0.3, 0.4) is 0 Å². The molecule has 4 nitrogen and oxygen atoms in total. The zero-order chi connectivity index (χ0) is 20.7. The second-order valence-electron chi connectivity index (χ2n) is 7.94. The summed E-state index contributed by atoms with van der Waals surface area (Å²) in [6.07, 6.45) is 2.70. The molecule has 0 bridgehead atoms. The molecule has 0 spiro atoms. The van der Waals surface area contributed by atoms with Gasteiger partial charge in [0, 0.05) is 29.6 Å². The molecule has 2 heterocycles. The molecule has 152 valence electrons. The van der Waals surface area contributed by atoms with Crippen LogP contribution in [0.15, 0.2) is 30.3 Å². The smallest absolute Gasteiger partial charge is 0.245 e. The topological polar surface area (TPSA) is 38.1 Å². The van der Waals surface area contributed by atoms with E-state index in [-0.39, 0.29) is 11.9 Å². The monoisotopic (exact) mass is 429 g/mol. The van der Waals surface area contributed by atoms with Crippen LogP contribution in [-0.4, -0.2) is 33.4 Å². The summed E-state index contributed by atoms with van der Waals surface area (Å²) in [5, 5.41) is 1.22. The van der Waals surface area contributed by atoms with Gasteiger partial charge in [0.15, 0.2) is 0 Å². The summed E-state index contributed by atoms with van der Waals surface area (Å²) in [6.45, 7) is 7.83. The molecule has 1 aliphatic heterocycles. The second kappa shape index (κ2) is 8.00. The van der Waals surface area contributed by atoms with Gasteiger partial charge in [-0.05, 0) is 74.6 Å². The Morgan fingerprint density at radius 3 is 2.48 bits per heavy atom. The van der Waals surface area contributed by atoms with Crippen molar-refractivity contribution < 1.29 is 4.79 Å². The summed E-state index contributed by atoms with van der Waals surface area (Å²) in [7, 11) is 0. The lowest BCUT2D eigenvalue weighted by atomic mass is 10.1. The number of halogens is 2. The maximum absolute atomic E-state index is 13.2. The Bertz CT molecular complexity index is 1080. The van der Waals surface area contributed by atoms with Gasteiger partial charge >= 0.3 is 0 Å². The number of hydrogen-bond donors (Lipinski definition) is 0. The lowest BCUT2D eigenvalue weighted by molar-refractivity contribution is -0.133. The lowest BCUT2D eigenvalue weighted by Gasteiger charge is -2.23. The van der Waals surface area contributed by atoms with Crippen molar-refractivity contribution in [3.63, 3.8) is 0 Å². The van der Waals surface area contributed by atoms with E-state index >= 15 is 0 Å². The predicted molar refractivity (Wildman–Crippen MR) is 119 cm³/mol. The fourth-order valence-corrected chi connectivity index (χ4v) is 4.58. The first-order chi connectivity index (χ1) is 13.8. The summed E-state index contributed by atoms with van der Waals surface area (Å²) in [5.74, 6) is 0.998. The molecule has 1 atom stereocenters. The molecule has 0 saturated carbocycles. The molecule has 1 fully saturated rings. The Labute approximate surface area is 181 Å². The van der Waals surface area contributed by atoms with E-state index < -0.39 is 0 Å². The minimum atomic E-state index is -0.318. The zero-order valence-corrected chi connectivity index (χ0v) is 18.5. The molecule has 3 aromatic rings. The fraction of sp³-hybridized carbons (Fsp3) is 0.391. The molecule has 0 aliphatic carbocycles. The van der Waals surface area contributed by atoms with Crippen molar-refractivity contribution >= 4 is 40.1 Å². The Hall–Kier alpha value is -2.04. The quantitative estimate of drug-likeness (QED) is 0.530. The number of amides is 1. The highest BCUT2D eigenvalue weighted by atomic mass is 35.5. The molecule has 1 amide bonds. The van der Waals surface area contributed by atoms with Crippen molar-refractivity contribution in [2.75, 3.05) is 13.1 Å². The van der Waals surface area contributed by atoms with Crippen molar-refractivity contribution in [2.24, 2.45) is 0 Å². The van der Waals surface area contributed by atoms with Crippen LogP contribution in [0.1, 0.15) is 48.3 Å². The van der Waals surface area contributed by atoms with E-state index in [0.717, 1.165) is 48.4 Å². The van der Waals surface area contributed by atoms with Crippen LogP contribution in [0.2, 0.25) is 10.0 Å². The van der Waals surface area contributed by atoms with Crippen molar-refractivity contribution in [1.82, 2.24) is 14.5 Å². The molecular formula is C23H25Cl2N3O. The van der Waals surface area contributed by atoms with Gasteiger partial charge < -0.3 is 9.47 Å². The summed E-state index contributed by atoms with van der Waals surface area (Å²) in [6, 6.07) is 9.43. The maximum atomic E-state index is 13.2. The summed E-state index contributed by atoms with van der Waals surface area (Å²) >= 11 is 12.5. The van der Waals surface area contributed by atoms with Crippen LogP contribution in [0, 0.1) is 13.8 Å². The largest absolute Gasteiger partial charge is 0.341 e. The van der Waals surface area contributed by atoms with Crippen LogP contribution in [-0.2, 0) is 11.2 Å². The number of aromatic nitrogens is 2. The van der Waals surface area contributed by atoms with E-state index in [9.17, 15) is 4.79 Å². The SMILES string of the molecule is Cc1cc2nc(Cc3ccc(Cl)cc3Cl)n([C@@H](C)C(=O)N3CCCC3)c2cc1C. The van der Waals surface area contributed by atoms with E-state index in [1.807, 2.05) is 24.0 Å². The summed E-state index contributed by atoms with van der Waals surface area (Å²) in [4.78, 5) is 20.1. The summed E-state index contributed by atoms with van der Waals surface area (Å²) < 4.78 is 2.09. The Morgan fingerprint density at radius 1 is 1.10 bits per heavy atom. The molecular weight excluding hydrogens is 405 g/mol. The maximum Gasteiger partial charge on any atom is 0.245 e. The highest BCUT2D eigenvalue weighted by molar-refractivity contribution is 6.35. The van der Waals surface area contributed by atoms with Crippen LogP contribution in [0.4, 0.5) is 0 Å². The number of benzene rings is 2. The van der Waals surface area contributed by atoms with Gasteiger partial charge in [-0.1, -0.05) is 29.3 Å². The minimum Gasteiger partial charge on any atom is -0.341 e. The van der Waals surface area contributed by atoms with E-state index in [1.165, 1.54) is 11.1 Å². The third kappa shape index (κ3) is 3.88. The van der Waals surface area contributed by atoms with E-state index in [0.29, 0.717) is 16.5 Å². The number of likely N-dealkylation sites (tertiary alicyclic amines) is 1. The average Bonchev–Trinajstić information content (AvgIpc) is 3.31. The molecule has 0 N–H and O–H groups in total. The average molecular weight is 430 g/mol. The molecule has 29 heavy (non-hydrogen) atoms. The number of carbonyl (C=O) groups excluding carboxylic acids is 1. The molecule has 1 saturated heterocycles. The highest BCUT2D eigenvalue weighted by Gasteiger charge is 2.28. The first kappa shape index (κ1) is 20.2. The predicted octanol–water partition coefficient (Wildman–Crippen LogP) is 5.73. The van der Waals surface area contributed by atoms with Gasteiger partial charge in [0.1, 0.15) is 11.9 Å². The van der Waals surface area contributed by atoms with E-state index in [4.69, 9.17) is 28.2 Å². The molecule has 0 unspecified atom stereocenters. The Kier molecular flexibility index (Phi) is 5.58. The number of nitrogens with zero attached hydrogens (tertiary/aromatic N) is 3. The van der Waals surface area contributed by atoms with E-state index in [1.54, 1.807) is 6.07 Å². The van der Waals surface area contributed by atoms with Crippen molar-refractivity contribution in [3.8, 4) is 0 Å². The highest BCUT2D eigenvalue weighted by Crippen LogP contribution is 2.29. The number of rotatable bonds is 4. The second-order valence-corrected chi connectivity index (χ2v) is 8.79. The third-order valence-corrected chi connectivity index (χ3v) is 6.49. The van der Waals surface area contributed by atoms with Gasteiger partial charge in [-0.15, -0.1) is 0 Å². The molecule has 0 radical (unpaired) electrons.